The molecule has 0 bridgehead atoms. The molecule has 0 radical (unpaired) electrons. The molecule has 1 aliphatic heterocycles. The zero-order chi connectivity index (χ0) is 17.1. The van der Waals surface area contributed by atoms with E-state index >= 15 is 0 Å². The Labute approximate surface area is 150 Å². The number of likely N-dealkylation sites (tertiary alicyclic amines) is 1. The number of nitrogens with one attached hydrogen (secondary N) is 2. The third-order valence-corrected chi connectivity index (χ3v) is 5.02. The Bertz CT molecular complexity index is 687. The molecule has 6 nitrogen and oxygen atoms in total. The van der Waals surface area contributed by atoms with Gasteiger partial charge >= 0.3 is 6.03 Å². The lowest BCUT2D eigenvalue weighted by Gasteiger charge is -2.31. The summed E-state index contributed by atoms with van der Waals surface area (Å²) < 4.78 is 4.94. The molecule has 1 aliphatic rings. The standard InChI is InChI=1S/C16H20Cl2N4O2/c1-24-7-4-19-16(23)22-5-2-10(3-6-22)15-20-13-8-11(17)12(18)9-14(13)21-15/h8-10H,2-7H2,1H3,(H,19,23)(H,20,21). The van der Waals surface area contributed by atoms with Crippen molar-refractivity contribution in [3.8, 4) is 0 Å². The summed E-state index contributed by atoms with van der Waals surface area (Å²) in [7, 11) is 1.62. The van der Waals surface area contributed by atoms with E-state index in [2.05, 4.69) is 15.3 Å². The van der Waals surface area contributed by atoms with Crippen LogP contribution in [0.25, 0.3) is 11.0 Å². The van der Waals surface area contributed by atoms with Crippen molar-refractivity contribution in [2.75, 3.05) is 33.4 Å². The van der Waals surface area contributed by atoms with E-state index in [1.807, 2.05) is 4.90 Å². The van der Waals surface area contributed by atoms with E-state index in [4.69, 9.17) is 27.9 Å². The van der Waals surface area contributed by atoms with Crippen LogP contribution in [0.15, 0.2) is 12.1 Å². The average Bonchev–Trinajstić information content (AvgIpc) is 2.98. The fraction of sp³-hybridized carbons (Fsp3) is 0.500. The number of methoxy groups -OCH3 is 1. The number of ether oxygens (including phenoxy) is 1. The number of carbonyl (C=O) groups excluding carboxylic acids is 1. The minimum Gasteiger partial charge on any atom is -0.383 e. The van der Waals surface area contributed by atoms with Crippen LogP contribution in [-0.4, -0.2) is 54.2 Å². The first-order chi connectivity index (χ1) is 11.6. The molecule has 2 N–H and O–H groups in total. The summed E-state index contributed by atoms with van der Waals surface area (Å²) in [5.41, 5.74) is 1.71. The zero-order valence-corrected chi connectivity index (χ0v) is 15.0. The van der Waals surface area contributed by atoms with Crippen molar-refractivity contribution in [2.24, 2.45) is 0 Å². The molecule has 1 aromatic carbocycles. The van der Waals surface area contributed by atoms with Gasteiger partial charge in [-0.25, -0.2) is 9.78 Å². The number of hydrogen-bond donors (Lipinski definition) is 2. The summed E-state index contributed by atoms with van der Waals surface area (Å²) in [4.78, 5) is 21.8. The van der Waals surface area contributed by atoms with Crippen molar-refractivity contribution in [2.45, 2.75) is 18.8 Å². The molecule has 3 rings (SSSR count). The molecule has 8 heteroatoms. The number of rotatable bonds is 4. The highest BCUT2D eigenvalue weighted by Gasteiger charge is 2.25. The van der Waals surface area contributed by atoms with Crippen LogP contribution >= 0.6 is 23.2 Å². The molecule has 1 fully saturated rings. The molecular formula is C16H20Cl2N4O2. The largest absolute Gasteiger partial charge is 0.383 e. The highest BCUT2D eigenvalue weighted by atomic mass is 35.5. The van der Waals surface area contributed by atoms with E-state index in [1.54, 1.807) is 19.2 Å². The first kappa shape index (κ1) is 17.3. The minimum absolute atomic E-state index is 0.0336. The first-order valence-corrected chi connectivity index (χ1v) is 8.70. The maximum absolute atomic E-state index is 12.0. The third kappa shape index (κ3) is 3.77. The highest BCUT2D eigenvalue weighted by Crippen LogP contribution is 2.31. The Morgan fingerprint density at radius 2 is 2.08 bits per heavy atom. The van der Waals surface area contributed by atoms with Crippen molar-refractivity contribution in [3.63, 3.8) is 0 Å². The lowest BCUT2D eigenvalue weighted by atomic mass is 9.96. The minimum atomic E-state index is -0.0336. The predicted octanol–water partition coefficient (Wildman–Crippen LogP) is 3.41. The average molecular weight is 371 g/mol. The van der Waals surface area contributed by atoms with Crippen molar-refractivity contribution in [1.29, 1.82) is 0 Å². The normalized spacial score (nSPS) is 15.9. The second-order valence-corrected chi connectivity index (χ2v) is 6.71. The maximum atomic E-state index is 12.0. The number of fused-ring (bicyclic) bond motifs is 1. The molecule has 2 aromatic rings. The van der Waals surface area contributed by atoms with Gasteiger partial charge in [0, 0.05) is 32.7 Å². The van der Waals surface area contributed by atoms with Gasteiger partial charge in [-0.3, -0.25) is 0 Å². The van der Waals surface area contributed by atoms with Crippen LogP contribution in [0.1, 0.15) is 24.6 Å². The topological polar surface area (TPSA) is 70.2 Å². The number of benzene rings is 1. The van der Waals surface area contributed by atoms with Crippen LogP contribution in [0, 0.1) is 0 Å². The molecule has 0 unspecified atom stereocenters. The zero-order valence-electron chi connectivity index (χ0n) is 13.4. The number of hydrogen-bond acceptors (Lipinski definition) is 3. The second-order valence-electron chi connectivity index (χ2n) is 5.89. The van der Waals surface area contributed by atoms with E-state index in [0.717, 1.165) is 29.7 Å². The van der Waals surface area contributed by atoms with Crippen LogP contribution in [0.3, 0.4) is 0 Å². The quantitative estimate of drug-likeness (QED) is 0.810. The number of aromatic nitrogens is 2. The third-order valence-electron chi connectivity index (χ3n) is 4.29. The monoisotopic (exact) mass is 370 g/mol. The van der Waals surface area contributed by atoms with Crippen LogP contribution in [0.4, 0.5) is 4.79 Å². The Balaban J connectivity index is 1.61. The molecule has 1 saturated heterocycles. The summed E-state index contributed by atoms with van der Waals surface area (Å²) >= 11 is 12.1. The molecule has 2 amide bonds. The van der Waals surface area contributed by atoms with Crippen molar-refractivity contribution < 1.29 is 9.53 Å². The number of urea groups is 1. The van der Waals surface area contributed by atoms with E-state index in [0.29, 0.717) is 42.2 Å². The van der Waals surface area contributed by atoms with Gasteiger partial charge in [-0.1, -0.05) is 23.2 Å². The smallest absolute Gasteiger partial charge is 0.317 e. The number of halogens is 2. The number of piperidine rings is 1. The van der Waals surface area contributed by atoms with Crippen molar-refractivity contribution in [3.05, 3.63) is 28.0 Å². The van der Waals surface area contributed by atoms with Crippen LogP contribution in [0.2, 0.25) is 10.0 Å². The van der Waals surface area contributed by atoms with Crippen molar-refractivity contribution in [1.82, 2.24) is 20.2 Å². The number of aromatic amines is 1. The van der Waals surface area contributed by atoms with E-state index < -0.39 is 0 Å². The Morgan fingerprint density at radius 1 is 1.38 bits per heavy atom. The SMILES string of the molecule is COCCNC(=O)N1CCC(c2nc3cc(Cl)c(Cl)cc3[nH]2)CC1. The number of nitrogens with zero attached hydrogens (tertiary/aromatic N) is 2. The lowest BCUT2D eigenvalue weighted by Crippen LogP contribution is -2.45. The molecule has 1 aromatic heterocycles. The summed E-state index contributed by atoms with van der Waals surface area (Å²) in [6.45, 7) is 2.47. The second kappa shape index (κ2) is 7.59. The highest BCUT2D eigenvalue weighted by molar-refractivity contribution is 6.42. The number of carbonyl (C=O) groups is 1. The summed E-state index contributed by atoms with van der Waals surface area (Å²) in [6, 6.07) is 3.54. The van der Waals surface area contributed by atoms with Gasteiger partial charge in [0.1, 0.15) is 5.82 Å². The molecule has 130 valence electrons. The Morgan fingerprint density at radius 3 is 2.79 bits per heavy atom. The predicted molar refractivity (Wildman–Crippen MR) is 94.9 cm³/mol. The van der Waals surface area contributed by atoms with Crippen LogP contribution in [-0.2, 0) is 4.74 Å². The van der Waals surface area contributed by atoms with Gasteiger partial charge in [0.25, 0.3) is 0 Å². The van der Waals surface area contributed by atoms with E-state index in [9.17, 15) is 4.79 Å². The van der Waals surface area contributed by atoms with Crippen LogP contribution in [0.5, 0.6) is 0 Å². The summed E-state index contributed by atoms with van der Waals surface area (Å²) in [5.74, 6) is 1.24. The fourth-order valence-corrected chi connectivity index (χ4v) is 3.27. The first-order valence-electron chi connectivity index (χ1n) is 7.95. The Kier molecular flexibility index (Phi) is 5.48. The molecule has 0 atom stereocenters. The molecule has 24 heavy (non-hydrogen) atoms. The lowest BCUT2D eigenvalue weighted by molar-refractivity contribution is 0.168. The van der Waals surface area contributed by atoms with Crippen LogP contribution < -0.4 is 5.32 Å². The van der Waals surface area contributed by atoms with Gasteiger partial charge in [-0.15, -0.1) is 0 Å². The number of amides is 2. The molecule has 0 saturated carbocycles. The van der Waals surface area contributed by atoms with Gasteiger partial charge in [0.05, 0.1) is 27.7 Å². The molecule has 0 aliphatic carbocycles. The summed E-state index contributed by atoms with van der Waals surface area (Å²) in [6.07, 6.45) is 1.75. The Hall–Kier alpha value is -1.50. The number of H-pyrrole nitrogens is 1. The molecule has 2 heterocycles. The summed E-state index contributed by atoms with van der Waals surface area (Å²) in [5, 5.41) is 3.87. The van der Waals surface area contributed by atoms with Gasteiger partial charge in [-0.05, 0) is 25.0 Å². The maximum Gasteiger partial charge on any atom is 0.317 e. The molecular weight excluding hydrogens is 351 g/mol. The van der Waals surface area contributed by atoms with Gasteiger partial charge in [-0.2, -0.15) is 0 Å². The van der Waals surface area contributed by atoms with Gasteiger partial charge < -0.3 is 19.9 Å². The van der Waals surface area contributed by atoms with Gasteiger partial charge in [0.2, 0.25) is 0 Å². The van der Waals surface area contributed by atoms with Gasteiger partial charge in [0.15, 0.2) is 0 Å². The number of imidazole rings is 1. The van der Waals surface area contributed by atoms with E-state index in [1.165, 1.54) is 0 Å². The van der Waals surface area contributed by atoms with Crippen molar-refractivity contribution >= 4 is 40.3 Å². The fourth-order valence-electron chi connectivity index (χ4n) is 2.95. The molecule has 0 spiro atoms. The van der Waals surface area contributed by atoms with E-state index in [-0.39, 0.29) is 6.03 Å².